The molecule has 1 N–H and O–H groups in total. The molecule has 0 bridgehead atoms. The van der Waals surface area contributed by atoms with Crippen molar-refractivity contribution in [2.75, 3.05) is 19.8 Å². The average Bonchev–Trinajstić information content (AvgIpc) is 2.17. The molecule has 3 heteroatoms. The van der Waals surface area contributed by atoms with Gasteiger partial charge >= 0.3 is 0 Å². The van der Waals surface area contributed by atoms with Crippen molar-refractivity contribution in [1.82, 2.24) is 10.2 Å². The summed E-state index contributed by atoms with van der Waals surface area (Å²) >= 11 is 0. The Morgan fingerprint density at radius 2 is 2.56 bits per heavy atom. The summed E-state index contributed by atoms with van der Waals surface area (Å²) < 4.78 is 0. The lowest BCUT2D eigenvalue weighted by Gasteiger charge is -2.08. The van der Waals surface area contributed by atoms with E-state index in [-0.39, 0.29) is 5.91 Å². The van der Waals surface area contributed by atoms with Crippen molar-refractivity contribution in [1.29, 1.82) is 0 Å². The Labute approximate surface area is 55.0 Å². The van der Waals surface area contributed by atoms with Gasteiger partial charge in [0.15, 0.2) is 0 Å². The van der Waals surface area contributed by atoms with Gasteiger partial charge in [-0.3, -0.25) is 9.69 Å². The predicted molar refractivity (Wildman–Crippen MR) is 34.9 cm³/mol. The summed E-state index contributed by atoms with van der Waals surface area (Å²) in [6.07, 6.45) is 1.12. The molecule has 1 heterocycles. The van der Waals surface area contributed by atoms with Gasteiger partial charge in [-0.2, -0.15) is 0 Å². The summed E-state index contributed by atoms with van der Waals surface area (Å²) in [5.41, 5.74) is 0. The quantitative estimate of drug-likeness (QED) is 0.558. The van der Waals surface area contributed by atoms with E-state index in [2.05, 4.69) is 17.1 Å². The van der Waals surface area contributed by atoms with E-state index in [0.717, 1.165) is 19.6 Å². The highest BCUT2D eigenvalue weighted by Gasteiger charge is 2.15. The lowest BCUT2D eigenvalue weighted by Crippen LogP contribution is -2.22. The van der Waals surface area contributed by atoms with E-state index >= 15 is 0 Å². The van der Waals surface area contributed by atoms with Gasteiger partial charge in [0.1, 0.15) is 0 Å². The highest BCUT2D eigenvalue weighted by Crippen LogP contribution is 1.93. The number of carbonyl (C=O) groups is 1. The largest absolute Gasteiger partial charge is 0.342 e. The number of hydrogen-bond donors (Lipinski definition) is 1. The molecule has 0 saturated carbocycles. The van der Waals surface area contributed by atoms with Crippen molar-refractivity contribution in [3.63, 3.8) is 0 Å². The van der Waals surface area contributed by atoms with Crippen molar-refractivity contribution in [3.8, 4) is 0 Å². The molecule has 0 aromatic heterocycles. The van der Waals surface area contributed by atoms with Crippen molar-refractivity contribution in [2.24, 2.45) is 0 Å². The molecule has 0 spiro atoms. The summed E-state index contributed by atoms with van der Waals surface area (Å²) in [5, 5.41) is 2.74. The minimum absolute atomic E-state index is 0.156. The summed E-state index contributed by atoms with van der Waals surface area (Å²) in [6, 6.07) is 0. The standard InChI is InChI=1S/C6H12N2O/c1-2-3-8-4-6(9)7-5-8/h2-5H2,1H3,(H,7,9). The van der Waals surface area contributed by atoms with E-state index in [4.69, 9.17) is 0 Å². The maximum atomic E-state index is 10.6. The molecule has 3 nitrogen and oxygen atoms in total. The van der Waals surface area contributed by atoms with Crippen LogP contribution < -0.4 is 5.32 Å². The molecule has 0 atom stereocenters. The molecule has 0 unspecified atom stereocenters. The number of amides is 1. The smallest absolute Gasteiger partial charge is 0.235 e. The molecule has 0 aliphatic carbocycles. The van der Waals surface area contributed by atoms with Gasteiger partial charge in [0.05, 0.1) is 13.2 Å². The second-order valence-corrected chi connectivity index (χ2v) is 2.31. The van der Waals surface area contributed by atoms with Crippen LogP contribution in [0.25, 0.3) is 0 Å². The fourth-order valence-electron chi connectivity index (χ4n) is 0.989. The van der Waals surface area contributed by atoms with Gasteiger partial charge in [-0.05, 0) is 6.42 Å². The monoisotopic (exact) mass is 128 g/mol. The van der Waals surface area contributed by atoms with Crippen LogP contribution in [0.1, 0.15) is 13.3 Å². The third-order valence-electron chi connectivity index (χ3n) is 1.41. The van der Waals surface area contributed by atoms with E-state index in [1.54, 1.807) is 0 Å². The van der Waals surface area contributed by atoms with Crippen LogP contribution in [0.2, 0.25) is 0 Å². The number of carbonyl (C=O) groups excluding carboxylic acids is 1. The Morgan fingerprint density at radius 1 is 1.78 bits per heavy atom. The molecule has 1 saturated heterocycles. The van der Waals surface area contributed by atoms with E-state index in [9.17, 15) is 4.79 Å². The maximum absolute atomic E-state index is 10.6. The van der Waals surface area contributed by atoms with Crippen molar-refractivity contribution < 1.29 is 4.79 Å². The second kappa shape index (κ2) is 2.82. The first kappa shape index (κ1) is 6.55. The topological polar surface area (TPSA) is 32.3 Å². The van der Waals surface area contributed by atoms with Gasteiger partial charge < -0.3 is 5.32 Å². The highest BCUT2D eigenvalue weighted by molar-refractivity contribution is 5.79. The van der Waals surface area contributed by atoms with Gasteiger partial charge in [-0.1, -0.05) is 6.92 Å². The first-order chi connectivity index (χ1) is 4.33. The maximum Gasteiger partial charge on any atom is 0.235 e. The van der Waals surface area contributed by atoms with Crippen LogP contribution in [-0.4, -0.2) is 30.6 Å². The molecule has 1 amide bonds. The fraction of sp³-hybridized carbons (Fsp3) is 0.833. The van der Waals surface area contributed by atoms with Crippen molar-refractivity contribution >= 4 is 5.91 Å². The molecule has 1 fully saturated rings. The first-order valence-electron chi connectivity index (χ1n) is 3.32. The summed E-state index contributed by atoms with van der Waals surface area (Å²) in [5.74, 6) is 0.156. The van der Waals surface area contributed by atoms with Crippen LogP contribution in [0.4, 0.5) is 0 Å². The number of hydrogen-bond acceptors (Lipinski definition) is 2. The zero-order valence-electron chi connectivity index (χ0n) is 5.68. The second-order valence-electron chi connectivity index (χ2n) is 2.31. The van der Waals surface area contributed by atoms with Crippen molar-refractivity contribution in [2.45, 2.75) is 13.3 Å². The molecule has 0 aromatic carbocycles. The minimum atomic E-state index is 0.156. The van der Waals surface area contributed by atoms with Gasteiger partial charge in [-0.15, -0.1) is 0 Å². The average molecular weight is 128 g/mol. The Hall–Kier alpha value is -0.570. The molecule has 1 aliphatic rings. The van der Waals surface area contributed by atoms with Gasteiger partial charge in [0.25, 0.3) is 0 Å². The van der Waals surface area contributed by atoms with Gasteiger partial charge in [0.2, 0.25) is 5.91 Å². The van der Waals surface area contributed by atoms with Crippen LogP contribution in [-0.2, 0) is 4.79 Å². The molecule has 0 aromatic rings. The number of rotatable bonds is 2. The third kappa shape index (κ3) is 1.68. The van der Waals surface area contributed by atoms with Gasteiger partial charge in [0, 0.05) is 6.54 Å². The predicted octanol–water partition coefficient (Wildman–Crippen LogP) is -0.214. The molecular weight excluding hydrogens is 116 g/mol. The van der Waals surface area contributed by atoms with Crippen molar-refractivity contribution in [3.05, 3.63) is 0 Å². The van der Waals surface area contributed by atoms with Crippen LogP contribution in [0.5, 0.6) is 0 Å². The van der Waals surface area contributed by atoms with Crippen LogP contribution in [0, 0.1) is 0 Å². The Morgan fingerprint density at radius 3 is 3.00 bits per heavy atom. The third-order valence-corrected chi connectivity index (χ3v) is 1.41. The normalized spacial score (nSPS) is 20.3. The fourth-order valence-corrected chi connectivity index (χ4v) is 0.989. The van der Waals surface area contributed by atoms with E-state index in [1.165, 1.54) is 0 Å². The lowest BCUT2D eigenvalue weighted by molar-refractivity contribution is -0.118. The summed E-state index contributed by atoms with van der Waals surface area (Å²) in [6.45, 7) is 4.47. The minimum Gasteiger partial charge on any atom is -0.342 e. The molecule has 52 valence electrons. The Balaban J connectivity index is 2.22. The summed E-state index contributed by atoms with van der Waals surface area (Å²) in [7, 11) is 0. The molecule has 9 heavy (non-hydrogen) atoms. The molecular formula is C6H12N2O. The molecule has 0 radical (unpaired) electrons. The van der Waals surface area contributed by atoms with E-state index in [1.807, 2.05) is 0 Å². The molecule has 1 aliphatic heterocycles. The van der Waals surface area contributed by atoms with E-state index < -0.39 is 0 Å². The Bertz CT molecular complexity index is 114. The number of nitrogens with zero attached hydrogens (tertiary/aromatic N) is 1. The zero-order valence-corrected chi connectivity index (χ0v) is 5.68. The van der Waals surface area contributed by atoms with Gasteiger partial charge in [-0.25, -0.2) is 0 Å². The van der Waals surface area contributed by atoms with Crippen LogP contribution in [0.15, 0.2) is 0 Å². The van der Waals surface area contributed by atoms with Crippen LogP contribution >= 0.6 is 0 Å². The summed E-state index contributed by atoms with van der Waals surface area (Å²) in [4.78, 5) is 12.7. The Kier molecular flexibility index (Phi) is 2.05. The highest BCUT2D eigenvalue weighted by atomic mass is 16.2. The SMILES string of the molecule is CCCN1CNC(=O)C1. The molecule has 1 rings (SSSR count). The zero-order chi connectivity index (χ0) is 6.69. The number of nitrogens with one attached hydrogen (secondary N) is 1. The lowest BCUT2D eigenvalue weighted by atomic mass is 10.4. The van der Waals surface area contributed by atoms with E-state index in [0.29, 0.717) is 6.54 Å². The first-order valence-corrected chi connectivity index (χ1v) is 3.32. The van der Waals surface area contributed by atoms with Crippen LogP contribution in [0.3, 0.4) is 0 Å².